The molecule has 0 aliphatic carbocycles. The third kappa shape index (κ3) is 3.81. The van der Waals surface area contributed by atoms with Crippen molar-refractivity contribution in [1.82, 2.24) is 9.55 Å². The van der Waals surface area contributed by atoms with E-state index in [9.17, 15) is 9.59 Å². The Balaban J connectivity index is 1.93. The van der Waals surface area contributed by atoms with Gasteiger partial charge in [-0.15, -0.1) is 0 Å². The van der Waals surface area contributed by atoms with Gasteiger partial charge in [0.15, 0.2) is 5.92 Å². The summed E-state index contributed by atoms with van der Waals surface area (Å²) in [5.41, 5.74) is 3.64. The molecule has 2 atom stereocenters. The fraction of sp³-hybridized carbons (Fsp3) is 0.375. The number of esters is 1. The molecule has 0 N–H and O–H groups in total. The number of imidazole rings is 1. The highest BCUT2D eigenvalue weighted by Gasteiger charge is 2.47. The molecule has 1 amide bonds. The molecule has 1 aliphatic rings. The molecule has 7 heteroatoms. The third-order valence-electron chi connectivity index (χ3n) is 5.63. The summed E-state index contributed by atoms with van der Waals surface area (Å²) < 4.78 is 12.5. The van der Waals surface area contributed by atoms with Crippen LogP contribution in [0.1, 0.15) is 30.5 Å². The Kier molecular flexibility index (Phi) is 6.04. The minimum Gasteiger partial charge on any atom is -0.465 e. The van der Waals surface area contributed by atoms with Gasteiger partial charge in [0.1, 0.15) is 0 Å². The van der Waals surface area contributed by atoms with Crippen molar-refractivity contribution in [3.8, 4) is 0 Å². The van der Waals surface area contributed by atoms with E-state index in [2.05, 4.69) is 0 Å². The van der Waals surface area contributed by atoms with Crippen molar-refractivity contribution in [3.63, 3.8) is 0 Å². The lowest BCUT2D eigenvalue weighted by Gasteiger charge is -2.38. The summed E-state index contributed by atoms with van der Waals surface area (Å²) in [6.45, 7) is 4.89. The van der Waals surface area contributed by atoms with Crippen LogP contribution in [-0.4, -0.2) is 48.3 Å². The minimum absolute atomic E-state index is 0.213. The first-order valence-electron chi connectivity index (χ1n) is 10.6. The molecule has 7 nitrogen and oxygen atoms in total. The number of fused-ring (bicyclic) bond motifs is 3. The van der Waals surface area contributed by atoms with Crippen LogP contribution in [0, 0.1) is 12.8 Å². The molecule has 0 bridgehead atoms. The van der Waals surface area contributed by atoms with Crippen LogP contribution in [0.2, 0.25) is 0 Å². The zero-order chi connectivity index (χ0) is 22.0. The number of carbonyl (C=O) groups is 2. The van der Waals surface area contributed by atoms with Crippen LogP contribution in [0.5, 0.6) is 0 Å². The SMILES string of the molecule is CCOC(=O)[C@H]1C(=O)N(CCCOC)c2nc3ccccc3n2[C@@H]1c1ccc(C)cc1. The zero-order valence-corrected chi connectivity index (χ0v) is 18.1. The average molecular weight is 421 g/mol. The van der Waals surface area contributed by atoms with E-state index in [0.29, 0.717) is 25.5 Å². The number of hydrogen-bond acceptors (Lipinski definition) is 5. The van der Waals surface area contributed by atoms with Gasteiger partial charge in [-0.3, -0.25) is 14.5 Å². The van der Waals surface area contributed by atoms with Crippen molar-refractivity contribution in [2.75, 3.05) is 31.8 Å². The summed E-state index contributed by atoms with van der Waals surface area (Å²) in [6.07, 6.45) is 0.635. The Morgan fingerprint density at radius 3 is 2.58 bits per heavy atom. The second-order valence-electron chi connectivity index (χ2n) is 7.69. The van der Waals surface area contributed by atoms with Gasteiger partial charge in [-0.05, 0) is 38.0 Å². The normalized spacial score (nSPS) is 18.3. The van der Waals surface area contributed by atoms with Gasteiger partial charge in [0.2, 0.25) is 11.9 Å². The van der Waals surface area contributed by atoms with Crippen molar-refractivity contribution < 1.29 is 19.1 Å². The second-order valence-corrected chi connectivity index (χ2v) is 7.69. The quantitative estimate of drug-likeness (QED) is 0.332. The van der Waals surface area contributed by atoms with Crippen LogP contribution in [0.25, 0.3) is 11.0 Å². The largest absolute Gasteiger partial charge is 0.465 e. The maximum absolute atomic E-state index is 13.7. The lowest BCUT2D eigenvalue weighted by molar-refractivity contribution is -0.153. The number of nitrogens with zero attached hydrogens (tertiary/aromatic N) is 3. The molecule has 0 saturated heterocycles. The highest BCUT2D eigenvalue weighted by Crippen LogP contribution is 2.41. The zero-order valence-electron chi connectivity index (χ0n) is 18.1. The molecule has 0 saturated carbocycles. The number of aryl methyl sites for hydroxylation is 1. The molecular weight excluding hydrogens is 394 g/mol. The van der Waals surface area contributed by atoms with Crippen LogP contribution in [0.3, 0.4) is 0 Å². The van der Waals surface area contributed by atoms with E-state index >= 15 is 0 Å². The molecule has 31 heavy (non-hydrogen) atoms. The van der Waals surface area contributed by atoms with E-state index in [1.165, 1.54) is 0 Å². The van der Waals surface area contributed by atoms with Gasteiger partial charge in [0.05, 0.1) is 23.7 Å². The molecule has 2 heterocycles. The summed E-state index contributed by atoms with van der Waals surface area (Å²) in [5.74, 6) is -1.25. The molecule has 0 fully saturated rings. The highest BCUT2D eigenvalue weighted by molar-refractivity contribution is 6.08. The topological polar surface area (TPSA) is 73.7 Å². The van der Waals surface area contributed by atoms with Gasteiger partial charge >= 0.3 is 5.97 Å². The number of methoxy groups -OCH3 is 1. The maximum atomic E-state index is 13.7. The standard InChI is InChI=1S/C24H27N3O4/c1-4-31-23(29)20-21(17-12-10-16(2)11-13-17)27-19-9-6-5-8-18(19)25-24(27)26(22(20)28)14-7-15-30-3/h5-6,8-13,20-21H,4,7,14-15H2,1-3H3/t20-,21-/m1/s1. The number of hydrogen-bond donors (Lipinski definition) is 0. The first kappa shape index (κ1) is 21.1. The first-order valence-corrected chi connectivity index (χ1v) is 10.6. The predicted octanol–water partition coefficient (Wildman–Crippen LogP) is 3.50. The summed E-state index contributed by atoms with van der Waals surface area (Å²) in [7, 11) is 1.63. The average Bonchev–Trinajstić information content (AvgIpc) is 3.15. The summed E-state index contributed by atoms with van der Waals surface area (Å²) in [6, 6.07) is 15.1. The number of para-hydroxylation sites is 2. The van der Waals surface area contributed by atoms with Gasteiger partial charge in [-0.1, -0.05) is 42.0 Å². The highest BCUT2D eigenvalue weighted by atomic mass is 16.5. The number of benzene rings is 2. The van der Waals surface area contributed by atoms with Crippen molar-refractivity contribution in [1.29, 1.82) is 0 Å². The summed E-state index contributed by atoms with van der Waals surface area (Å²) in [5, 5.41) is 0. The Labute approximate surface area is 181 Å². The van der Waals surface area contributed by atoms with Gasteiger partial charge in [-0.25, -0.2) is 4.98 Å². The molecule has 0 radical (unpaired) electrons. The number of ether oxygens (including phenoxy) is 2. The monoisotopic (exact) mass is 421 g/mol. The maximum Gasteiger partial charge on any atom is 0.321 e. The van der Waals surface area contributed by atoms with Gasteiger partial charge in [0.25, 0.3) is 0 Å². The lowest BCUT2D eigenvalue weighted by Crippen LogP contribution is -2.50. The fourth-order valence-electron chi connectivity index (χ4n) is 4.19. The van der Waals surface area contributed by atoms with E-state index in [4.69, 9.17) is 14.5 Å². The number of carbonyl (C=O) groups excluding carboxylic acids is 2. The van der Waals surface area contributed by atoms with Crippen molar-refractivity contribution in [2.45, 2.75) is 26.3 Å². The number of rotatable bonds is 7. The summed E-state index contributed by atoms with van der Waals surface area (Å²) in [4.78, 5) is 33.1. The molecule has 4 rings (SSSR count). The van der Waals surface area contributed by atoms with Crippen LogP contribution < -0.4 is 4.90 Å². The van der Waals surface area contributed by atoms with E-state index in [1.54, 1.807) is 18.9 Å². The molecule has 162 valence electrons. The Morgan fingerprint density at radius 2 is 1.87 bits per heavy atom. The smallest absolute Gasteiger partial charge is 0.321 e. The third-order valence-corrected chi connectivity index (χ3v) is 5.63. The van der Waals surface area contributed by atoms with Crippen molar-refractivity contribution in [2.24, 2.45) is 5.92 Å². The van der Waals surface area contributed by atoms with E-state index < -0.39 is 17.9 Å². The van der Waals surface area contributed by atoms with Gasteiger partial charge in [0, 0.05) is 20.3 Å². The van der Waals surface area contributed by atoms with Gasteiger partial charge in [-0.2, -0.15) is 0 Å². The predicted molar refractivity (Wildman–Crippen MR) is 118 cm³/mol. The first-order chi connectivity index (χ1) is 15.1. The molecule has 0 spiro atoms. The van der Waals surface area contributed by atoms with E-state index in [-0.39, 0.29) is 12.5 Å². The van der Waals surface area contributed by atoms with E-state index in [0.717, 1.165) is 22.2 Å². The Bertz CT molecular complexity index is 1090. The van der Waals surface area contributed by atoms with Crippen LogP contribution in [0.4, 0.5) is 5.95 Å². The van der Waals surface area contributed by atoms with Crippen molar-refractivity contribution in [3.05, 3.63) is 59.7 Å². The summed E-state index contributed by atoms with van der Waals surface area (Å²) >= 11 is 0. The van der Waals surface area contributed by atoms with Crippen molar-refractivity contribution >= 4 is 28.9 Å². The molecular formula is C24H27N3O4. The number of anilines is 1. The molecule has 1 aliphatic heterocycles. The van der Waals surface area contributed by atoms with Gasteiger partial charge < -0.3 is 14.0 Å². The lowest BCUT2D eigenvalue weighted by atomic mass is 9.89. The Hall–Kier alpha value is -3.19. The number of aromatic nitrogens is 2. The number of amides is 1. The van der Waals surface area contributed by atoms with Crippen LogP contribution in [0.15, 0.2) is 48.5 Å². The molecule has 0 unspecified atom stereocenters. The fourth-order valence-corrected chi connectivity index (χ4v) is 4.19. The molecule has 1 aromatic heterocycles. The molecule has 2 aromatic carbocycles. The van der Waals surface area contributed by atoms with Crippen LogP contribution in [-0.2, 0) is 19.1 Å². The van der Waals surface area contributed by atoms with E-state index in [1.807, 2.05) is 60.0 Å². The Morgan fingerprint density at radius 1 is 1.13 bits per heavy atom. The molecule has 3 aromatic rings. The minimum atomic E-state index is -0.990. The second kappa shape index (κ2) is 8.89. The van der Waals surface area contributed by atoms with Crippen LogP contribution >= 0.6 is 0 Å².